The lowest BCUT2D eigenvalue weighted by Crippen LogP contribution is -2.48. The summed E-state index contributed by atoms with van der Waals surface area (Å²) in [5.74, 6) is -5.95. The van der Waals surface area contributed by atoms with Crippen LogP contribution in [0.2, 0.25) is 10.0 Å². The quantitative estimate of drug-likeness (QED) is 0.261. The Hall–Kier alpha value is -4.41. The Kier molecular flexibility index (Phi) is 10.0. The van der Waals surface area contributed by atoms with Gasteiger partial charge in [-0.15, -0.1) is 0 Å². The molecule has 0 aliphatic rings. The lowest BCUT2D eigenvalue weighted by Gasteiger charge is -2.24. The number of benzene rings is 3. The highest BCUT2D eigenvalue weighted by Gasteiger charge is 2.41. The molecule has 3 aromatic carbocycles. The van der Waals surface area contributed by atoms with Crippen molar-refractivity contribution in [1.29, 1.82) is 0 Å². The summed E-state index contributed by atoms with van der Waals surface area (Å²) in [5.41, 5.74) is -0.197. The number of hydrogen-bond donors (Lipinski definition) is 2. The number of anilines is 1. The van der Waals surface area contributed by atoms with Gasteiger partial charge in [-0.1, -0.05) is 53.5 Å². The molecule has 0 saturated heterocycles. The van der Waals surface area contributed by atoms with E-state index in [0.29, 0.717) is 0 Å². The first-order chi connectivity index (χ1) is 18.6. The number of esters is 3. The summed E-state index contributed by atoms with van der Waals surface area (Å²) in [4.78, 5) is 63.2. The maximum Gasteiger partial charge on any atom is 0.349 e. The number of carboxylic acids is 1. The molecule has 0 saturated carbocycles. The van der Waals surface area contributed by atoms with Gasteiger partial charge in [0.15, 0.2) is 0 Å². The molecule has 0 aromatic heterocycles. The smallest absolute Gasteiger partial charge is 0.349 e. The molecule has 0 radical (unpaired) electrons. The SMILES string of the molecule is CCOC(=O)c1cccc(NC(=O)[C@H](OC(=O)c2ccccc2Cl)[C@H](OC(=O)c2ccccc2Cl)C(=O)O)c1. The summed E-state index contributed by atoms with van der Waals surface area (Å²) in [6.45, 7) is 1.74. The summed E-state index contributed by atoms with van der Waals surface area (Å²) in [5, 5.41) is 12.2. The molecular weight excluding hydrogens is 553 g/mol. The molecule has 2 atom stereocenters. The predicted molar refractivity (Wildman–Crippen MR) is 140 cm³/mol. The van der Waals surface area contributed by atoms with Crippen LogP contribution in [0.1, 0.15) is 38.0 Å². The summed E-state index contributed by atoms with van der Waals surface area (Å²) in [6, 6.07) is 16.9. The van der Waals surface area contributed by atoms with Crippen molar-refractivity contribution in [1.82, 2.24) is 0 Å². The number of nitrogens with one attached hydrogen (secondary N) is 1. The van der Waals surface area contributed by atoms with Gasteiger partial charge in [-0.3, -0.25) is 4.79 Å². The van der Waals surface area contributed by atoms with Gasteiger partial charge in [0.05, 0.1) is 33.3 Å². The molecule has 3 aromatic rings. The van der Waals surface area contributed by atoms with E-state index in [1.54, 1.807) is 19.1 Å². The molecule has 2 N–H and O–H groups in total. The number of carbonyl (C=O) groups is 5. The highest BCUT2D eigenvalue weighted by molar-refractivity contribution is 6.34. The number of ether oxygens (including phenoxy) is 3. The van der Waals surface area contributed by atoms with E-state index in [1.807, 2.05) is 0 Å². The van der Waals surface area contributed by atoms with Gasteiger partial charge in [-0.05, 0) is 49.4 Å². The lowest BCUT2D eigenvalue weighted by atomic mass is 10.1. The number of carboxylic acid groups (broad SMARTS) is 1. The molecule has 39 heavy (non-hydrogen) atoms. The van der Waals surface area contributed by atoms with E-state index in [0.717, 1.165) is 0 Å². The second-order valence-electron chi connectivity index (χ2n) is 7.74. The van der Waals surface area contributed by atoms with Gasteiger partial charge >= 0.3 is 23.9 Å². The van der Waals surface area contributed by atoms with Crippen molar-refractivity contribution in [3.8, 4) is 0 Å². The molecule has 3 rings (SSSR count). The van der Waals surface area contributed by atoms with Gasteiger partial charge in [-0.2, -0.15) is 0 Å². The van der Waals surface area contributed by atoms with E-state index in [1.165, 1.54) is 60.7 Å². The molecule has 12 heteroatoms. The maximum atomic E-state index is 13.3. The molecule has 1 amide bonds. The average Bonchev–Trinajstić information content (AvgIpc) is 2.91. The van der Waals surface area contributed by atoms with Crippen molar-refractivity contribution >= 4 is 58.7 Å². The van der Waals surface area contributed by atoms with Crippen molar-refractivity contribution in [2.45, 2.75) is 19.1 Å². The van der Waals surface area contributed by atoms with Crippen LogP contribution in [0.4, 0.5) is 5.69 Å². The zero-order chi connectivity index (χ0) is 28.5. The standard InChI is InChI=1S/C27H21Cl2NO9/c1-2-37-25(34)15-8-7-9-16(14-15)30-23(31)21(38-26(35)17-10-3-5-12-19(17)28)22(24(32)33)39-27(36)18-11-4-6-13-20(18)29/h3-14,21-22H,2H2,1H3,(H,30,31)(H,32,33)/t21-,22+/m1/s1. The minimum atomic E-state index is -2.30. The normalized spacial score (nSPS) is 12.0. The van der Waals surface area contributed by atoms with Crippen molar-refractivity contribution in [2.75, 3.05) is 11.9 Å². The highest BCUT2D eigenvalue weighted by Crippen LogP contribution is 2.22. The van der Waals surface area contributed by atoms with Crippen LogP contribution in [0.5, 0.6) is 0 Å². The van der Waals surface area contributed by atoms with Gasteiger partial charge in [0.1, 0.15) is 0 Å². The molecule has 10 nitrogen and oxygen atoms in total. The van der Waals surface area contributed by atoms with E-state index in [4.69, 9.17) is 37.4 Å². The van der Waals surface area contributed by atoms with E-state index in [-0.39, 0.29) is 39.0 Å². The Morgan fingerprint density at radius 1 is 0.769 bits per heavy atom. The lowest BCUT2D eigenvalue weighted by molar-refractivity contribution is -0.157. The molecule has 0 aliphatic carbocycles. The number of halogens is 2. The van der Waals surface area contributed by atoms with Crippen molar-refractivity contribution in [2.24, 2.45) is 0 Å². The predicted octanol–water partition coefficient (Wildman–Crippen LogP) is 4.64. The third kappa shape index (κ3) is 7.56. The van der Waals surface area contributed by atoms with Crippen molar-refractivity contribution in [3.63, 3.8) is 0 Å². The molecule has 202 valence electrons. The minimum absolute atomic E-state index is 0.0243. The van der Waals surface area contributed by atoms with Crippen LogP contribution in [0.25, 0.3) is 0 Å². The van der Waals surface area contributed by atoms with Crippen LogP contribution in [0, 0.1) is 0 Å². The fourth-order valence-corrected chi connectivity index (χ4v) is 3.68. The molecular formula is C27H21Cl2NO9. The summed E-state index contributed by atoms with van der Waals surface area (Å²) < 4.78 is 15.3. The Morgan fingerprint density at radius 3 is 1.82 bits per heavy atom. The molecule has 0 bridgehead atoms. The van der Waals surface area contributed by atoms with Crippen LogP contribution >= 0.6 is 23.2 Å². The van der Waals surface area contributed by atoms with E-state index >= 15 is 0 Å². The van der Waals surface area contributed by atoms with Gasteiger partial charge in [0.25, 0.3) is 5.91 Å². The molecule has 0 aliphatic heterocycles. The number of amides is 1. The number of rotatable bonds is 10. The van der Waals surface area contributed by atoms with Crippen molar-refractivity contribution < 1.29 is 43.3 Å². The Balaban J connectivity index is 1.95. The molecule has 0 unspecified atom stereocenters. The minimum Gasteiger partial charge on any atom is -0.478 e. The van der Waals surface area contributed by atoms with Gasteiger partial charge in [0, 0.05) is 5.69 Å². The zero-order valence-corrected chi connectivity index (χ0v) is 21.8. The topological polar surface area (TPSA) is 145 Å². The average molecular weight is 574 g/mol. The van der Waals surface area contributed by atoms with Crippen LogP contribution in [0.15, 0.2) is 72.8 Å². The Labute approximate surface area is 232 Å². The molecule has 0 heterocycles. The fraction of sp³-hybridized carbons (Fsp3) is 0.148. The molecule has 0 spiro atoms. The number of aliphatic carboxylic acids is 1. The second kappa shape index (κ2) is 13.4. The first kappa shape index (κ1) is 29.2. The number of carbonyl (C=O) groups excluding carboxylic acids is 4. The Bertz CT molecular complexity index is 1410. The second-order valence-corrected chi connectivity index (χ2v) is 8.55. The third-order valence-corrected chi connectivity index (χ3v) is 5.73. The largest absolute Gasteiger partial charge is 0.478 e. The van der Waals surface area contributed by atoms with Gasteiger partial charge in [0.2, 0.25) is 12.2 Å². The zero-order valence-electron chi connectivity index (χ0n) is 20.3. The number of hydrogen-bond acceptors (Lipinski definition) is 8. The first-order valence-corrected chi connectivity index (χ1v) is 12.1. The first-order valence-electron chi connectivity index (χ1n) is 11.3. The monoisotopic (exact) mass is 573 g/mol. The third-order valence-electron chi connectivity index (χ3n) is 5.07. The van der Waals surface area contributed by atoms with Crippen LogP contribution in [-0.2, 0) is 23.8 Å². The fourth-order valence-electron chi connectivity index (χ4n) is 3.26. The van der Waals surface area contributed by atoms with Crippen molar-refractivity contribution in [3.05, 3.63) is 99.5 Å². The summed E-state index contributed by atoms with van der Waals surface area (Å²) in [6.07, 6.45) is -4.49. The Morgan fingerprint density at radius 2 is 1.31 bits per heavy atom. The van der Waals surface area contributed by atoms with Crippen LogP contribution in [0.3, 0.4) is 0 Å². The van der Waals surface area contributed by atoms with E-state index < -0.39 is 42.0 Å². The highest BCUT2D eigenvalue weighted by atomic mass is 35.5. The van der Waals surface area contributed by atoms with E-state index in [2.05, 4.69) is 5.32 Å². The van der Waals surface area contributed by atoms with Crippen LogP contribution in [-0.4, -0.2) is 53.7 Å². The van der Waals surface area contributed by atoms with E-state index in [9.17, 15) is 29.1 Å². The summed E-state index contributed by atoms with van der Waals surface area (Å²) in [7, 11) is 0. The van der Waals surface area contributed by atoms with Gasteiger partial charge < -0.3 is 24.6 Å². The summed E-state index contributed by atoms with van der Waals surface area (Å²) >= 11 is 12.1. The van der Waals surface area contributed by atoms with Gasteiger partial charge in [-0.25, -0.2) is 19.2 Å². The van der Waals surface area contributed by atoms with Crippen LogP contribution < -0.4 is 5.32 Å². The maximum absolute atomic E-state index is 13.3. The molecule has 0 fully saturated rings.